The quantitative estimate of drug-likeness (QED) is 0.760. The average Bonchev–Trinajstić information content (AvgIpc) is 2.61. The highest BCUT2D eigenvalue weighted by Crippen LogP contribution is 2.21. The molecule has 0 unspecified atom stereocenters. The van der Waals surface area contributed by atoms with Gasteiger partial charge in [-0.1, -0.05) is 24.3 Å². The summed E-state index contributed by atoms with van der Waals surface area (Å²) in [6, 6.07) is 13.9. The van der Waals surface area contributed by atoms with E-state index in [2.05, 4.69) is 5.32 Å². The van der Waals surface area contributed by atoms with Gasteiger partial charge < -0.3 is 14.8 Å². The van der Waals surface area contributed by atoms with Crippen molar-refractivity contribution >= 4 is 21.6 Å². The number of nitrogens with one attached hydrogen (secondary N) is 1. The second kappa shape index (κ2) is 8.68. The van der Waals surface area contributed by atoms with Crippen molar-refractivity contribution in [1.82, 2.24) is 4.31 Å². The number of methoxy groups -OCH3 is 2. The van der Waals surface area contributed by atoms with Gasteiger partial charge >= 0.3 is 0 Å². The van der Waals surface area contributed by atoms with Gasteiger partial charge in [0.25, 0.3) is 0 Å². The van der Waals surface area contributed by atoms with Crippen LogP contribution in [0.3, 0.4) is 0 Å². The number of carbonyl (C=O) groups is 1. The van der Waals surface area contributed by atoms with E-state index in [-0.39, 0.29) is 13.1 Å². The Morgan fingerprint density at radius 1 is 1.08 bits per heavy atom. The molecular formula is C18H22N2O5S. The summed E-state index contributed by atoms with van der Waals surface area (Å²) >= 11 is 0. The number of hydrogen-bond donors (Lipinski definition) is 1. The molecule has 2 aromatic carbocycles. The third-order valence-corrected chi connectivity index (χ3v) is 4.88. The fourth-order valence-corrected chi connectivity index (χ4v) is 3.10. The molecular weight excluding hydrogens is 356 g/mol. The van der Waals surface area contributed by atoms with E-state index >= 15 is 0 Å². The third-order valence-electron chi connectivity index (χ3n) is 3.68. The number of benzene rings is 2. The Kier molecular flexibility index (Phi) is 6.59. The summed E-state index contributed by atoms with van der Waals surface area (Å²) in [5.74, 6) is 0.713. The fourth-order valence-electron chi connectivity index (χ4n) is 2.38. The molecule has 0 aliphatic carbocycles. The number of ether oxygens (including phenoxy) is 2. The van der Waals surface area contributed by atoms with Gasteiger partial charge in [0.15, 0.2) is 0 Å². The van der Waals surface area contributed by atoms with Crippen LogP contribution in [-0.4, -0.2) is 45.7 Å². The number of amides is 1. The monoisotopic (exact) mass is 378 g/mol. The van der Waals surface area contributed by atoms with Gasteiger partial charge in [0.2, 0.25) is 15.9 Å². The van der Waals surface area contributed by atoms with E-state index < -0.39 is 15.9 Å². The molecule has 8 heteroatoms. The summed E-state index contributed by atoms with van der Waals surface area (Å²) in [7, 11) is -0.556. The zero-order valence-corrected chi connectivity index (χ0v) is 15.7. The number of carbonyl (C=O) groups excluding carboxylic acids is 1. The Balaban J connectivity index is 2.13. The van der Waals surface area contributed by atoms with Crippen LogP contribution >= 0.6 is 0 Å². The first kappa shape index (κ1) is 19.7. The number of hydrogen-bond acceptors (Lipinski definition) is 5. The first-order chi connectivity index (χ1) is 12.3. The van der Waals surface area contributed by atoms with Gasteiger partial charge in [-0.15, -0.1) is 0 Å². The summed E-state index contributed by atoms with van der Waals surface area (Å²) in [5, 5.41) is 2.68. The molecule has 0 atom stereocenters. The molecule has 2 rings (SSSR count). The fraction of sp³-hybridized carbons (Fsp3) is 0.278. The van der Waals surface area contributed by atoms with Gasteiger partial charge in [-0.2, -0.15) is 4.31 Å². The largest absolute Gasteiger partial charge is 0.497 e. The van der Waals surface area contributed by atoms with E-state index in [0.29, 0.717) is 22.7 Å². The molecule has 0 aromatic heterocycles. The lowest BCUT2D eigenvalue weighted by atomic mass is 10.2. The summed E-state index contributed by atoms with van der Waals surface area (Å²) in [6.07, 6.45) is 1.07. The molecule has 0 heterocycles. The zero-order valence-electron chi connectivity index (χ0n) is 14.9. The van der Waals surface area contributed by atoms with E-state index in [0.717, 1.165) is 10.6 Å². The molecule has 1 amide bonds. The summed E-state index contributed by atoms with van der Waals surface area (Å²) in [4.78, 5) is 12.3. The summed E-state index contributed by atoms with van der Waals surface area (Å²) in [5.41, 5.74) is 1.20. The lowest BCUT2D eigenvalue weighted by Crippen LogP contribution is -2.37. The Morgan fingerprint density at radius 2 is 1.81 bits per heavy atom. The smallest absolute Gasteiger partial charge is 0.239 e. The summed E-state index contributed by atoms with van der Waals surface area (Å²) < 4.78 is 35.7. The molecule has 0 aliphatic heterocycles. The molecule has 0 spiro atoms. The van der Waals surface area contributed by atoms with E-state index in [9.17, 15) is 13.2 Å². The average molecular weight is 378 g/mol. The van der Waals surface area contributed by atoms with E-state index in [1.54, 1.807) is 48.5 Å². The van der Waals surface area contributed by atoms with Crippen molar-refractivity contribution in [2.24, 2.45) is 0 Å². The second-order valence-corrected chi connectivity index (χ2v) is 7.61. The minimum atomic E-state index is -3.60. The van der Waals surface area contributed by atoms with E-state index in [4.69, 9.17) is 9.47 Å². The van der Waals surface area contributed by atoms with Crippen LogP contribution in [0.4, 0.5) is 5.69 Å². The van der Waals surface area contributed by atoms with Crippen molar-refractivity contribution in [2.75, 3.05) is 32.3 Å². The predicted molar refractivity (Wildman–Crippen MR) is 99.9 cm³/mol. The number of anilines is 1. The molecule has 0 bridgehead atoms. The first-order valence-corrected chi connectivity index (χ1v) is 9.69. The second-order valence-electron chi connectivity index (χ2n) is 5.62. The van der Waals surface area contributed by atoms with Crippen molar-refractivity contribution in [1.29, 1.82) is 0 Å². The molecule has 7 nitrogen and oxygen atoms in total. The van der Waals surface area contributed by atoms with Crippen LogP contribution in [0, 0.1) is 0 Å². The third kappa shape index (κ3) is 5.47. The van der Waals surface area contributed by atoms with Crippen LogP contribution < -0.4 is 14.8 Å². The zero-order chi connectivity index (χ0) is 19.2. The SMILES string of the molecule is COc1cccc(NC(=O)CN(Cc2ccccc2OC)S(C)(=O)=O)c1. The van der Waals surface area contributed by atoms with Gasteiger partial charge in [0.1, 0.15) is 11.5 Å². The lowest BCUT2D eigenvalue weighted by molar-refractivity contribution is -0.116. The molecule has 0 radical (unpaired) electrons. The molecule has 26 heavy (non-hydrogen) atoms. The Bertz CT molecular complexity index is 867. The van der Waals surface area contributed by atoms with Crippen molar-refractivity contribution < 1.29 is 22.7 Å². The molecule has 140 valence electrons. The van der Waals surface area contributed by atoms with Gasteiger partial charge in [0, 0.05) is 23.9 Å². The number of sulfonamides is 1. The molecule has 1 N–H and O–H groups in total. The van der Waals surface area contributed by atoms with Gasteiger partial charge in [-0.25, -0.2) is 8.42 Å². The summed E-state index contributed by atoms with van der Waals surface area (Å²) in [6.45, 7) is -0.275. The predicted octanol–water partition coefficient (Wildman–Crippen LogP) is 2.10. The van der Waals surface area contributed by atoms with Crippen LogP contribution in [0.25, 0.3) is 0 Å². The van der Waals surface area contributed by atoms with Crippen LogP contribution in [0.15, 0.2) is 48.5 Å². The maximum atomic E-state index is 12.3. The minimum Gasteiger partial charge on any atom is -0.497 e. The first-order valence-electron chi connectivity index (χ1n) is 7.84. The number of para-hydroxylation sites is 1. The maximum absolute atomic E-state index is 12.3. The van der Waals surface area contributed by atoms with Crippen molar-refractivity contribution in [2.45, 2.75) is 6.54 Å². The molecule has 0 aliphatic rings. The van der Waals surface area contributed by atoms with Crippen LogP contribution in [0.2, 0.25) is 0 Å². The standard InChI is InChI=1S/C18H22N2O5S/c1-24-16-9-6-8-15(11-16)19-18(21)13-20(26(3,22)23)12-14-7-4-5-10-17(14)25-2/h4-11H,12-13H2,1-3H3,(H,19,21). The maximum Gasteiger partial charge on any atom is 0.239 e. The molecule has 0 fully saturated rings. The van der Waals surface area contributed by atoms with Crippen molar-refractivity contribution in [3.63, 3.8) is 0 Å². The van der Waals surface area contributed by atoms with Crippen molar-refractivity contribution in [3.05, 3.63) is 54.1 Å². The molecule has 2 aromatic rings. The highest BCUT2D eigenvalue weighted by Gasteiger charge is 2.22. The Morgan fingerprint density at radius 3 is 2.46 bits per heavy atom. The van der Waals surface area contributed by atoms with Crippen LogP contribution in [0.5, 0.6) is 11.5 Å². The van der Waals surface area contributed by atoms with Crippen molar-refractivity contribution in [3.8, 4) is 11.5 Å². The van der Waals surface area contributed by atoms with Gasteiger partial charge in [0.05, 0.1) is 27.0 Å². The number of nitrogens with zero attached hydrogens (tertiary/aromatic N) is 1. The normalized spacial score (nSPS) is 11.2. The van der Waals surface area contributed by atoms with Crippen LogP contribution in [-0.2, 0) is 21.4 Å². The highest BCUT2D eigenvalue weighted by molar-refractivity contribution is 7.88. The molecule has 0 saturated heterocycles. The Labute approximate surface area is 153 Å². The van der Waals surface area contributed by atoms with Gasteiger partial charge in [-0.3, -0.25) is 4.79 Å². The van der Waals surface area contributed by atoms with E-state index in [1.165, 1.54) is 14.2 Å². The van der Waals surface area contributed by atoms with E-state index in [1.807, 2.05) is 0 Å². The molecule has 0 saturated carbocycles. The van der Waals surface area contributed by atoms with Crippen LogP contribution in [0.1, 0.15) is 5.56 Å². The number of rotatable bonds is 8. The Hall–Kier alpha value is -2.58. The topological polar surface area (TPSA) is 84.9 Å². The minimum absolute atomic E-state index is 0.0361. The van der Waals surface area contributed by atoms with Gasteiger partial charge in [-0.05, 0) is 18.2 Å². The lowest BCUT2D eigenvalue weighted by Gasteiger charge is -2.20. The highest BCUT2D eigenvalue weighted by atomic mass is 32.2.